The van der Waals surface area contributed by atoms with Gasteiger partial charge in [-0.2, -0.15) is 18.2 Å². The van der Waals surface area contributed by atoms with Crippen molar-refractivity contribution < 1.29 is 41.3 Å². The second-order valence-electron chi connectivity index (χ2n) is 11.7. The zero-order valence-corrected chi connectivity index (χ0v) is 24.6. The third-order valence-electron chi connectivity index (χ3n) is 8.02. The van der Waals surface area contributed by atoms with Gasteiger partial charge in [-0.25, -0.2) is 23.5 Å². The molecule has 238 valence electrons. The highest BCUT2D eigenvalue weighted by atomic mass is 19.4. The van der Waals surface area contributed by atoms with Gasteiger partial charge < -0.3 is 19.1 Å². The number of rotatable bonds is 8. The summed E-state index contributed by atoms with van der Waals surface area (Å²) in [6.45, 7) is 4.69. The molecule has 1 N–H and O–H groups in total. The number of carboxylic acids is 1. The summed E-state index contributed by atoms with van der Waals surface area (Å²) >= 11 is 0. The van der Waals surface area contributed by atoms with Gasteiger partial charge >= 0.3 is 18.2 Å². The highest BCUT2D eigenvalue weighted by molar-refractivity contribution is 5.92. The molecule has 0 spiro atoms. The van der Waals surface area contributed by atoms with Gasteiger partial charge in [-0.05, 0) is 59.7 Å². The standard InChI is InChI=1S/C33H27F5N4O4/c1-32(2)17-45-16-28(32)42-27-12-19(30(43)44)5-8-26(27)40-29(42)13-20-11-24(35)22(14-23(20)34)25-9-10-39-31(41-25)46-15-18-3-6-21(7-4-18)33(36,37)38/h3-12,14,28H,13,15-17H2,1-2H3,(H,43,44)/t28-/m1/s1. The lowest BCUT2D eigenvalue weighted by Gasteiger charge is -2.28. The number of carbonyl (C=O) groups is 1. The first kappa shape index (κ1) is 31.1. The minimum atomic E-state index is -4.46. The Hall–Kier alpha value is -4.91. The molecule has 1 aliphatic heterocycles. The molecule has 8 nitrogen and oxygen atoms in total. The van der Waals surface area contributed by atoms with Crippen molar-refractivity contribution in [3.05, 3.63) is 107 Å². The van der Waals surface area contributed by atoms with Gasteiger partial charge in [-0.15, -0.1) is 0 Å². The molecule has 1 aliphatic rings. The number of nitrogens with zero attached hydrogens (tertiary/aromatic N) is 4. The van der Waals surface area contributed by atoms with Gasteiger partial charge in [-0.1, -0.05) is 26.0 Å². The fourth-order valence-electron chi connectivity index (χ4n) is 5.52. The maximum atomic E-state index is 15.6. The van der Waals surface area contributed by atoms with E-state index in [-0.39, 0.29) is 52.9 Å². The molecule has 0 unspecified atom stereocenters. The average molecular weight is 639 g/mol. The third kappa shape index (κ3) is 6.14. The summed E-state index contributed by atoms with van der Waals surface area (Å²) in [6, 6.07) is 12.0. The van der Waals surface area contributed by atoms with Crippen molar-refractivity contribution in [1.29, 1.82) is 0 Å². The molecule has 1 fully saturated rings. The van der Waals surface area contributed by atoms with Gasteiger partial charge in [0, 0.05) is 23.6 Å². The molecule has 0 amide bonds. The van der Waals surface area contributed by atoms with Gasteiger partial charge in [0.15, 0.2) is 0 Å². The SMILES string of the molecule is CC1(C)COC[C@H]1n1c(Cc2cc(F)c(-c3ccnc(OCc4ccc(C(F)(F)F)cc4)n3)cc2F)nc2ccc(C(=O)O)cc21. The zero-order valence-electron chi connectivity index (χ0n) is 24.6. The van der Waals surface area contributed by atoms with Crippen LogP contribution in [0.4, 0.5) is 22.0 Å². The average Bonchev–Trinajstić information content (AvgIpc) is 3.54. The summed E-state index contributed by atoms with van der Waals surface area (Å²) in [5.41, 5.74) is 0.372. The molecule has 3 heterocycles. The molecule has 0 saturated carbocycles. The Bertz CT molecular complexity index is 1940. The van der Waals surface area contributed by atoms with Crippen LogP contribution in [0.15, 0.2) is 66.9 Å². The first-order chi connectivity index (χ1) is 21.8. The van der Waals surface area contributed by atoms with Crippen LogP contribution in [0.3, 0.4) is 0 Å². The summed E-state index contributed by atoms with van der Waals surface area (Å²) in [5.74, 6) is -2.15. The highest BCUT2D eigenvalue weighted by Crippen LogP contribution is 2.40. The maximum Gasteiger partial charge on any atom is 0.416 e. The lowest BCUT2D eigenvalue weighted by atomic mass is 9.87. The predicted octanol–water partition coefficient (Wildman–Crippen LogP) is 7.26. The van der Waals surface area contributed by atoms with Gasteiger partial charge in [0.05, 0.1) is 47.1 Å². The van der Waals surface area contributed by atoms with E-state index in [9.17, 15) is 23.1 Å². The smallest absolute Gasteiger partial charge is 0.416 e. The van der Waals surface area contributed by atoms with Crippen molar-refractivity contribution in [2.45, 2.75) is 39.1 Å². The molecule has 3 aromatic carbocycles. The summed E-state index contributed by atoms with van der Waals surface area (Å²) < 4.78 is 82.7. The number of benzene rings is 3. The van der Waals surface area contributed by atoms with Crippen LogP contribution < -0.4 is 4.74 Å². The Kier molecular flexibility index (Phi) is 7.97. The number of carboxylic acid groups (broad SMARTS) is 1. The molecule has 2 aromatic heterocycles. The van der Waals surface area contributed by atoms with E-state index in [1.54, 1.807) is 6.07 Å². The normalized spacial score (nSPS) is 16.2. The molecule has 0 bridgehead atoms. The second-order valence-corrected chi connectivity index (χ2v) is 11.7. The Balaban J connectivity index is 1.27. The van der Waals surface area contributed by atoms with E-state index >= 15 is 8.78 Å². The van der Waals surface area contributed by atoms with Crippen LogP contribution in [0.1, 0.15) is 52.8 Å². The number of fused-ring (bicyclic) bond motifs is 1. The topological polar surface area (TPSA) is 99.4 Å². The number of halogens is 5. The van der Waals surface area contributed by atoms with Crippen molar-refractivity contribution in [1.82, 2.24) is 19.5 Å². The van der Waals surface area contributed by atoms with Crippen molar-refractivity contribution in [3.63, 3.8) is 0 Å². The Morgan fingerprint density at radius 3 is 2.48 bits per heavy atom. The van der Waals surface area contributed by atoms with E-state index in [1.165, 1.54) is 36.5 Å². The molecular formula is C33H27F5N4O4. The zero-order chi connectivity index (χ0) is 32.8. The number of ether oxygens (including phenoxy) is 2. The Morgan fingerprint density at radius 2 is 1.80 bits per heavy atom. The molecular weight excluding hydrogens is 611 g/mol. The molecule has 0 radical (unpaired) electrons. The molecule has 46 heavy (non-hydrogen) atoms. The predicted molar refractivity (Wildman–Crippen MR) is 156 cm³/mol. The summed E-state index contributed by atoms with van der Waals surface area (Å²) in [6.07, 6.45) is -3.25. The molecule has 5 aromatic rings. The first-order valence-corrected chi connectivity index (χ1v) is 14.2. The number of alkyl halides is 3. The van der Waals surface area contributed by atoms with Crippen LogP contribution in [0.5, 0.6) is 6.01 Å². The lowest BCUT2D eigenvalue weighted by Crippen LogP contribution is -2.27. The highest BCUT2D eigenvalue weighted by Gasteiger charge is 2.39. The molecule has 6 rings (SSSR count). The lowest BCUT2D eigenvalue weighted by molar-refractivity contribution is -0.137. The Morgan fingerprint density at radius 1 is 1.04 bits per heavy atom. The van der Waals surface area contributed by atoms with Crippen molar-refractivity contribution >= 4 is 17.0 Å². The van der Waals surface area contributed by atoms with Crippen LogP contribution in [0.25, 0.3) is 22.3 Å². The molecule has 1 atom stereocenters. The number of imidazole rings is 1. The van der Waals surface area contributed by atoms with E-state index in [1.807, 2.05) is 18.4 Å². The van der Waals surface area contributed by atoms with Crippen LogP contribution in [-0.2, 0) is 23.9 Å². The van der Waals surface area contributed by atoms with Crippen LogP contribution in [0, 0.1) is 17.0 Å². The fraction of sp³-hybridized carbons (Fsp3) is 0.273. The van der Waals surface area contributed by atoms with Gasteiger partial charge in [0.2, 0.25) is 0 Å². The van der Waals surface area contributed by atoms with Crippen molar-refractivity contribution in [2.75, 3.05) is 13.2 Å². The van der Waals surface area contributed by atoms with Gasteiger partial charge in [0.25, 0.3) is 0 Å². The van der Waals surface area contributed by atoms with Crippen LogP contribution in [-0.4, -0.2) is 43.8 Å². The van der Waals surface area contributed by atoms with Crippen molar-refractivity contribution in [2.24, 2.45) is 5.41 Å². The van der Waals surface area contributed by atoms with E-state index < -0.39 is 29.3 Å². The van der Waals surface area contributed by atoms with Gasteiger partial charge in [0.1, 0.15) is 24.1 Å². The summed E-state index contributed by atoms with van der Waals surface area (Å²) in [7, 11) is 0. The van der Waals surface area contributed by atoms with Crippen LogP contribution >= 0.6 is 0 Å². The molecule has 1 saturated heterocycles. The monoisotopic (exact) mass is 638 g/mol. The minimum absolute atomic E-state index is 0.0285. The molecule has 13 heteroatoms. The van der Waals surface area contributed by atoms with Gasteiger partial charge in [-0.3, -0.25) is 0 Å². The quantitative estimate of drug-likeness (QED) is 0.179. The summed E-state index contributed by atoms with van der Waals surface area (Å²) in [4.78, 5) is 24.5. The largest absolute Gasteiger partial charge is 0.478 e. The second kappa shape index (κ2) is 11.8. The summed E-state index contributed by atoms with van der Waals surface area (Å²) in [5, 5.41) is 9.57. The minimum Gasteiger partial charge on any atom is -0.478 e. The van der Waals surface area contributed by atoms with E-state index in [0.29, 0.717) is 35.6 Å². The van der Waals surface area contributed by atoms with Crippen LogP contribution in [0.2, 0.25) is 0 Å². The fourth-order valence-corrected chi connectivity index (χ4v) is 5.52. The Labute approximate surface area is 259 Å². The maximum absolute atomic E-state index is 15.6. The number of hydrogen-bond donors (Lipinski definition) is 1. The number of aromatic carboxylic acids is 1. The first-order valence-electron chi connectivity index (χ1n) is 14.2. The van der Waals surface area contributed by atoms with E-state index in [0.717, 1.165) is 24.3 Å². The number of hydrogen-bond acceptors (Lipinski definition) is 6. The molecule has 0 aliphatic carbocycles. The van der Waals surface area contributed by atoms with Crippen molar-refractivity contribution in [3.8, 4) is 17.3 Å². The van der Waals surface area contributed by atoms with E-state index in [4.69, 9.17) is 9.47 Å². The number of aromatic nitrogens is 4. The third-order valence-corrected chi connectivity index (χ3v) is 8.02. The van der Waals surface area contributed by atoms with E-state index in [2.05, 4.69) is 15.0 Å².